The lowest BCUT2D eigenvalue weighted by atomic mass is 9.36. The van der Waals surface area contributed by atoms with E-state index in [0.29, 0.717) is 6.32 Å². The molecule has 0 spiro atoms. The molecule has 0 aliphatic heterocycles. The summed E-state index contributed by atoms with van der Waals surface area (Å²) in [5.41, 5.74) is -2.82. The highest BCUT2D eigenvalue weighted by atomic mass is 19.2. The van der Waals surface area contributed by atoms with E-state index >= 15 is 0 Å². The molecule has 190 valence electrons. The maximum absolute atomic E-state index is 14.7. The molecule has 0 atom stereocenters. The summed E-state index contributed by atoms with van der Waals surface area (Å²) in [7, 11) is 0. The zero-order chi connectivity index (χ0) is 27.2. The van der Waals surface area contributed by atoms with Crippen LogP contribution in [0.3, 0.4) is 0 Å². The third kappa shape index (κ3) is 5.55. The first-order valence-corrected chi connectivity index (χ1v) is 10.1. The number of allylic oxidation sites excluding steroid dienone is 1. The van der Waals surface area contributed by atoms with Gasteiger partial charge in [-0.3, -0.25) is 0 Å². The van der Waals surface area contributed by atoms with Crippen molar-refractivity contribution in [3.63, 3.8) is 0 Å². The molecular weight excluding hydrogens is 489 g/mol. The van der Waals surface area contributed by atoms with Crippen molar-refractivity contribution in [3.05, 3.63) is 81.9 Å². The fourth-order valence-corrected chi connectivity index (χ4v) is 3.00. The molecule has 2 aromatic carbocycles. The van der Waals surface area contributed by atoms with Crippen LogP contribution >= 0.6 is 0 Å². The van der Waals surface area contributed by atoms with Gasteiger partial charge >= 0.3 is 0 Å². The molecule has 0 amide bonds. The third-order valence-electron chi connectivity index (χ3n) is 4.82. The van der Waals surface area contributed by atoms with Crippen LogP contribution in [0, 0.1) is 81.4 Å². The molecule has 0 radical (unpaired) electrons. The molecule has 0 N–H and O–H groups in total. The number of hydrogen-bond donors (Lipinski definition) is 0. The van der Waals surface area contributed by atoms with E-state index in [1.165, 1.54) is 20.8 Å². The van der Waals surface area contributed by atoms with Crippen molar-refractivity contribution in [2.24, 2.45) is 10.8 Å². The van der Waals surface area contributed by atoms with Crippen molar-refractivity contribution in [2.75, 3.05) is 0 Å². The van der Waals surface area contributed by atoms with Crippen molar-refractivity contribution in [1.29, 1.82) is 0 Å². The Balaban J connectivity index is 3.06. The molecule has 2 rings (SSSR count). The van der Waals surface area contributed by atoms with Crippen molar-refractivity contribution >= 4 is 17.6 Å². The Morgan fingerprint density at radius 3 is 1.11 bits per heavy atom. The molecule has 0 saturated carbocycles. The third-order valence-corrected chi connectivity index (χ3v) is 4.82. The molecule has 0 unspecified atom stereocenters. The highest BCUT2D eigenvalue weighted by molar-refractivity contribution is 6.88. The predicted molar refractivity (Wildman–Crippen MR) is 111 cm³/mol. The minimum absolute atomic E-state index is 0.120. The average molecular weight is 508 g/mol. The highest BCUT2D eigenvalue weighted by Gasteiger charge is 2.36. The van der Waals surface area contributed by atoms with Gasteiger partial charge in [-0.05, 0) is 10.9 Å². The Morgan fingerprint density at radius 2 is 0.857 bits per heavy atom. The summed E-state index contributed by atoms with van der Waals surface area (Å²) < 4.78 is 142. The molecule has 2 aromatic rings. The van der Waals surface area contributed by atoms with Gasteiger partial charge in [0.25, 0.3) is 0 Å². The van der Waals surface area contributed by atoms with Crippen LogP contribution in [0.4, 0.5) is 43.9 Å². The standard InChI is InChI=1S/C24H19BF10/c1-23(2,3)8-7-10(24(4,5)6)9-25(11-13(26)17(30)21(34)18(31)14(11)27)12-15(28)19(32)22(35)20(33)16(12)29/h9H,1-6H3/q-2. The van der Waals surface area contributed by atoms with Gasteiger partial charge in [0, 0.05) is 0 Å². The maximum atomic E-state index is 14.7. The van der Waals surface area contributed by atoms with E-state index in [1.807, 2.05) is 0 Å². The largest absolute Gasteiger partial charge is 0.554 e. The number of halogens is 10. The summed E-state index contributed by atoms with van der Waals surface area (Å²) in [6.07, 6.45) is 3.38. The molecule has 0 saturated heterocycles. The van der Waals surface area contributed by atoms with Gasteiger partial charge < -0.3 is 23.7 Å². The van der Waals surface area contributed by atoms with Gasteiger partial charge in [-0.25, -0.2) is 43.9 Å². The molecule has 0 aromatic heterocycles. The second-order valence-electron chi connectivity index (χ2n) is 9.78. The summed E-state index contributed by atoms with van der Waals surface area (Å²) in [5.74, 6) is -24.9. The van der Waals surface area contributed by atoms with Gasteiger partial charge in [0.15, 0.2) is 58.2 Å². The summed E-state index contributed by atoms with van der Waals surface area (Å²) in [6.45, 7) is 6.90. The van der Waals surface area contributed by atoms with E-state index < -0.39 is 86.6 Å². The van der Waals surface area contributed by atoms with Crippen molar-refractivity contribution in [1.82, 2.24) is 0 Å². The topological polar surface area (TPSA) is 0 Å². The molecule has 35 heavy (non-hydrogen) atoms. The Hall–Kier alpha value is -2.81. The molecule has 0 aliphatic carbocycles. The van der Waals surface area contributed by atoms with Gasteiger partial charge in [-0.2, -0.15) is 0 Å². The lowest BCUT2D eigenvalue weighted by Crippen LogP contribution is -2.52. The smallest absolute Gasteiger partial charge is 0.200 e. The maximum Gasteiger partial charge on any atom is 0.200 e. The molecular formula is C24H19BF10-2. The van der Waals surface area contributed by atoms with E-state index in [2.05, 4.69) is 11.8 Å². The van der Waals surface area contributed by atoms with Crippen LogP contribution in [0.5, 0.6) is 0 Å². The molecule has 0 nitrogen and oxygen atoms in total. The predicted octanol–water partition coefficient (Wildman–Crippen LogP) is 6.41. The first-order chi connectivity index (χ1) is 15.8. The first-order valence-electron chi connectivity index (χ1n) is 10.1. The Labute approximate surface area is 196 Å². The molecule has 11 heteroatoms. The Morgan fingerprint density at radius 1 is 0.571 bits per heavy atom. The van der Waals surface area contributed by atoms with Crippen LogP contribution in [0.1, 0.15) is 41.5 Å². The van der Waals surface area contributed by atoms with E-state index in [1.54, 1.807) is 20.8 Å². The van der Waals surface area contributed by atoms with Crippen molar-refractivity contribution in [3.8, 4) is 0 Å². The number of hydrogen-bond acceptors (Lipinski definition) is 0. The minimum Gasteiger partial charge on any atom is -0.554 e. The second kappa shape index (κ2) is 9.68. The summed E-state index contributed by atoms with van der Waals surface area (Å²) in [6, 6.07) is 0. The molecule has 0 heterocycles. The van der Waals surface area contributed by atoms with E-state index in [0.717, 1.165) is 0 Å². The van der Waals surface area contributed by atoms with Gasteiger partial charge in [0.1, 0.15) is 6.71 Å². The number of benzene rings is 2. The van der Waals surface area contributed by atoms with Crippen molar-refractivity contribution < 1.29 is 43.9 Å². The summed E-state index contributed by atoms with van der Waals surface area (Å²) in [5, 5.41) is 0. The molecule has 0 aliphatic rings. The van der Waals surface area contributed by atoms with Crippen LogP contribution < -0.4 is 10.9 Å². The average Bonchev–Trinajstić information content (AvgIpc) is 2.74. The lowest BCUT2D eigenvalue weighted by Gasteiger charge is -2.42. The minimum atomic E-state index is -2.63. The SMILES string of the molecule is CC(C)(C)[C-]=C=C([CH-]B(c1c(F)c(F)c(F)c(F)c1F)c1c(F)c(F)c(F)c(F)c1F)C(C)(C)C. The normalized spacial score (nSPS) is 11.9. The van der Waals surface area contributed by atoms with Crippen LogP contribution in [0.25, 0.3) is 0 Å². The number of rotatable bonds is 4. The van der Waals surface area contributed by atoms with Gasteiger partial charge in [0.05, 0.1) is 0 Å². The van der Waals surface area contributed by atoms with Gasteiger partial charge in [-0.15, -0.1) is 10.8 Å². The lowest BCUT2D eigenvalue weighted by molar-refractivity contribution is 0.382. The zero-order valence-corrected chi connectivity index (χ0v) is 19.4. The Bertz CT molecular complexity index is 1100. The quantitative estimate of drug-likeness (QED) is 0.112. The van der Waals surface area contributed by atoms with Gasteiger partial charge in [-0.1, -0.05) is 41.5 Å². The monoisotopic (exact) mass is 508 g/mol. The molecule has 0 fully saturated rings. The van der Waals surface area contributed by atoms with Crippen LogP contribution in [-0.4, -0.2) is 6.71 Å². The highest BCUT2D eigenvalue weighted by Crippen LogP contribution is 2.30. The second-order valence-corrected chi connectivity index (χ2v) is 9.78. The van der Waals surface area contributed by atoms with Crippen molar-refractivity contribution in [2.45, 2.75) is 41.5 Å². The first kappa shape index (κ1) is 28.4. The van der Waals surface area contributed by atoms with E-state index in [-0.39, 0.29) is 5.57 Å². The van der Waals surface area contributed by atoms with Crippen LogP contribution in [0.15, 0.2) is 11.3 Å². The summed E-state index contributed by atoms with van der Waals surface area (Å²) in [4.78, 5) is 0. The Kier molecular flexibility index (Phi) is 7.87. The van der Waals surface area contributed by atoms with Crippen LogP contribution in [0.2, 0.25) is 0 Å². The zero-order valence-electron chi connectivity index (χ0n) is 19.4. The van der Waals surface area contributed by atoms with E-state index in [9.17, 15) is 43.9 Å². The van der Waals surface area contributed by atoms with Crippen LogP contribution in [-0.2, 0) is 0 Å². The fraction of sp³-hybridized carbons (Fsp3) is 0.333. The van der Waals surface area contributed by atoms with E-state index in [4.69, 9.17) is 0 Å². The fourth-order valence-electron chi connectivity index (χ4n) is 3.00. The van der Waals surface area contributed by atoms with Gasteiger partial charge in [0.2, 0.25) is 0 Å². The molecule has 0 bridgehead atoms. The summed E-state index contributed by atoms with van der Waals surface area (Å²) >= 11 is 0.